The van der Waals surface area contributed by atoms with E-state index in [1.807, 2.05) is 27.7 Å². The second-order valence-electron chi connectivity index (χ2n) is 7.86. The molecule has 132 valence electrons. The van der Waals surface area contributed by atoms with Crippen molar-refractivity contribution in [2.45, 2.75) is 78.7 Å². The van der Waals surface area contributed by atoms with Crippen LogP contribution in [-0.2, 0) is 9.59 Å². The van der Waals surface area contributed by atoms with Crippen molar-refractivity contribution in [1.82, 2.24) is 0 Å². The molecule has 3 nitrogen and oxygen atoms in total. The average Bonchev–Trinajstić information content (AvgIpc) is 2.46. The molecule has 0 aromatic rings. The molecule has 1 aliphatic rings. The first kappa shape index (κ1) is 20.1. The number of carbonyl (C=O) groups is 2. The van der Waals surface area contributed by atoms with E-state index in [2.05, 4.69) is 6.58 Å². The van der Waals surface area contributed by atoms with Gasteiger partial charge in [0.2, 0.25) is 0 Å². The summed E-state index contributed by atoms with van der Waals surface area (Å²) < 4.78 is 0. The van der Waals surface area contributed by atoms with Gasteiger partial charge in [-0.2, -0.15) is 0 Å². The fourth-order valence-corrected chi connectivity index (χ4v) is 3.41. The van der Waals surface area contributed by atoms with Gasteiger partial charge in [-0.05, 0) is 50.4 Å². The van der Waals surface area contributed by atoms with E-state index in [4.69, 9.17) is 0 Å². The lowest BCUT2D eigenvalue weighted by molar-refractivity contribution is -0.124. The van der Waals surface area contributed by atoms with E-state index in [0.717, 1.165) is 24.8 Å². The van der Waals surface area contributed by atoms with Crippen molar-refractivity contribution < 1.29 is 14.7 Å². The Hall–Kier alpha value is -0.960. The molecule has 0 amide bonds. The SMILES string of the molecule is C=C(C)[C@@H]1CC[C@@H](C)C(=O)CC[C@@H](C)CC(=O)C[C@@H](C)[C@H](O)C1. The van der Waals surface area contributed by atoms with Crippen LogP contribution < -0.4 is 0 Å². The van der Waals surface area contributed by atoms with Crippen molar-refractivity contribution in [3.05, 3.63) is 12.2 Å². The van der Waals surface area contributed by atoms with Gasteiger partial charge in [0.25, 0.3) is 0 Å². The van der Waals surface area contributed by atoms with Crippen molar-refractivity contribution >= 4 is 11.6 Å². The van der Waals surface area contributed by atoms with Crippen molar-refractivity contribution in [3.63, 3.8) is 0 Å². The third-order valence-electron chi connectivity index (χ3n) is 5.39. The summed E-state index contributed by atoms with van der Waals surface area (Å²) >= 11 is 0. The molecule has 1 aliphatic carbocycles. The normalized spacial score (nSPS) is 35.6. The van der Waals surface area contributed by atoms with Crippen LogP contribution in [0.1, 0.15) is 72.6 Å². The van der Waals surface area contributed by atoms with Gasteiger partial charge >= 0.3 is 0 Å². The number of hydrogen-bond donors (Lipinski definition) is 1. The first-order valence-electron chi connectivity index (χ1n) is 9.08. The molecule has 0 aromatic heterocycles. The molecule has 1 rings (SSSR count). The quantitative estimate of drug-likeness (QED) is 0.731. The molecule has 0 spiro atoms. The molecule has 0 saturated heterocycles. The predicted octanol–water partition coefficient (Wildman–Crippen LogP) is 4.33. The van der Waals surface area contributed by atoms with Crippen LogP contribution in [0, 0.1) is 23.7 Å². The fourth-order valence-electron chi connectivity index (χ4n) is 3.41. The Morgan fingerprint density at radius 1 is 1.09 bits per heavy atom. The number of hydrogen-bond acceptors (Lipinski definition) is 3. The van der Waals surface area contributed by atoms with Crippen molar-refractivity contribution in [2.75, 3.05) is 0 Å². The lowest BCUT2D eigenvalue weighted by Gasteiger charge is -2.26. The van der Waals surface area contributed by atoms with Crippen LogP contribution in [0.3, 0.4) is 0 Å². The third kappa shape index (κ3) is 6.99. The van der Waals surface area contributed by atoms with Crippen LogP contribution in [0.2, 0.25) is 0 Å². The molecule has 0 heterocycles. The first-order valence-corrected chi connectivity index (χ1v) is 9.08. The van der Waals surface area contributed by atoms with Gasteiger partial charge < -0.3 is 5.11 Å². The summed E-state index contributed by atoms with van der Waals surface area (Å²) in [5.74, 6) is 1.01. The third-order valence-corrected chi connectivity index (χ3v) is 5.39. The summed E-state index contributed by atoms with van der Waals surface area (Å²) in [6, 6.07) is 0. The minimum atomic E-state index is -0.482. The smallest absolute Gasteiger partial charge is 0.135 e. The molecule has 0 radical (unpaired) electrons. The van der Waals surface area contributed by atoms with Gasteiger partial charge in [0.15, 0.2) is 0 Å². The monoisotopic (exact) mass is 322 g/mol. The van der Waals surface area contributed by atoms with Gasteiger partial charge in [0.05, 0.1) is 6.10 Å². The topological polar surface area (TPSA) is 54.4 Å². The Morgan fingerprint density at radius 3 is 2.35 bits per heavy atom. The van der Waals surface area contributed by atoms with E-state index in [1.54, 1.807) is 0 Å². The lowest BCUT2D eigenvalue weighted by atomic mass is 9.81. The highest BCUT2D eigenvalue weighted by molar-refractivity contribution is 5.81. The molecular formula is C20H34O3. The largest absolute Gasteiger partial charge is 0.393 e. The van der Waals surface area contributed by atoms with E-state index in [9.17, 15) is 14.7 Å². The molecule has 0 aliphatic heterocycles. The Kier molecular flexibility index (Phi) is 8.18. The van der Waals surface area contributed by atoms with E-state index >= 15 is 0 Å². The van der Waals surface area contributed by atoms with E-state index in [-0.39, 0.29) is 29.5 Å². The molecule has 0 unspecified atom stereocenters. The van der Waals surface area contributed by atoms with Gasteiger partial charge in [-0.1, -0.05) is 32.9 Å². The maximum absolute atomic E-state index is 12.2. The van der Waals surface area contributed by atoms with Crippen LogP contribution in [0.25, 0.3) is 0 Å². The maximum Gasteiger partial charge on any atom is 0.135 e. The minimum Gasteiger partial charge on any atom is -0.393 e. The van der Waals surface area contributed by atoms with E-state index in [1.165, 1.54) is 0 Å². The summed E-state index contributed by atoms with van der Waals surface area (Å²) in [6.45, 7) is 12.0. The van der Waals surface area contributed by atoms with Crippen LogP contribution in [0.15, 0.2) is 12.2 Å². The molecular weight excluding hydrogens is 288 g/mol. The zero-order valence-corrected chi connectivity index (χ0v) is 15.3. The molecule has 1 fully saturated rings. The average molecular weight is 322 g/mol. The van der Waals surface area contributed by atoms with Gasteiger partial charge in [0, 0.05) is 25.2 Å². The van der Waals surface area contributed by atoms with Crippen molar-refractivity contribution in [2.24, 2.45) is 23.7 Å². The summed E-state index contributed by atoms with van der Waals surface area (Å²) in [4.78, 5) is 24.4. The molecule has 1 saturated carbocycles. The zero-order valence-electron chi connectivity index (χ0n) is 15.3. The molecule has 0 bridgehead atoms. The number of aliphatic hydroxyl groups is 1. The highest BCUT2D eigenvalue weighted by Gasteiger charge is 2.25. The number of allylic oxidation sites excluding steroid dienone is 1. The van der Waals surface area contributed by atoms with Crippen molar-refractivity contribution in [1.29, 1.82) is 0 Å². The summed E-state index contributed by atoms with van der Waals surface area (Å²) in [6.07, 6.45) is 4.20. The fraction of sp³-hybridized carbons (Fsp3) is 0.800. The summed E-state index contributed by atoms with van der Waals surface area (Å²) in [5, 5.41) is 10.4. The second kappa shape index (κ2) is 9.36. The standard InChI is InChI=1S/C20H34O3/c1-13(2)17-8-7-15(4)19(22)9-6-14(3)10-18(21)11-16(5)20(23)12-17/h14-17,20,23H,1,6-12H2,2-5H3/t14-,15-,16-,17-,20-/m1/s1. The summed E-state index contributed by atoms with van der Waals surface area (Å²) in [7, 11) is 0. The van der Waals surface area contributed by atoms with Gasteiger partial charge in [0.1, 0.15) is 11.6 Å². The zero-order chi connectivity index (χ0) is 17.6. The number of aliphatic hydroxyl groups excluding tert-OH is 1. The van der Waals surface area contributed by atoms with E-state index in [0.29, 0.717) is 31.5 Å². The van der Waals surface area contributed by atoms with Crippen molar-refractivity contribution in [3.8, 4) is 0 Å². The van der Waals surface area contributed by atoms with Gasteiger partial charge in [-0.15, -0.1) is 0 Å². The molecule has 1 N–H and O–H groups in total. The Morgan fingerprint density at radius 2 is 1.74 bits per heavy atom. The van der Waals surface area contributed by atoms with E-state index < -0.39 is 6.10 Å². The predicted molar refractivity (Wildman–Crippen MR) is 94.1 cm³/mol. The second-order valence-corrected chi connectivity index (χ2v) is 7.86. The lowest BCUT2D eigenvalue weighted by Crippen LogP contribution is -2.26. The number of ketones is 2. The van der Waals surface area contributed by atoms with Crippen LogP contribution in [0.5, 0.6) is 0 Å². The van der Waals surface area contributed by atoms with Crippen LogP contribution in [0.4, 0.5) is 0 Å². The molecule has 23 heavy (non-hydrogen) atoms. The van der Waals surface area contributed by atoms with Crippen LogP contribution >= 0.6 is 0 Å². The maximum atomic E-state index is 12.2. The van der Waals surface area contributed by atoms with Crippen LogP contribution in [-0.4, -0.2) is 22.8 Å². The Bertz CT molecular complexity index is 427. The number of Topliss-reactive ketones (excluding diaryl/α,β-unsaturated/α-hetero) is 2. The van der Waals surface area contributed by atoms with Gasteiger partial charge in [-0.25, -0.2) is 0 Å². The molecule has 3 heteroatoms. The highest BCUT2D eigenvalue weighted by Crippen LogP contribution is 2.28. The molecule has 5 atom stereocenters. The summed E-state index contributed by atoms with van der Waals surface area (Å²) in [5.41, 5.74) is 1.06. The Labute approximate surface area is 141 Å². The Balaban J connectivity index is 2.83. The highest BCUT2D eigenvalue weighted by atomic mass is 16.3. The minimum absolute atomic E-state index is 0.0152. The number of rotatable bonds is 1. The molecule has 0 aromatic carbocycles. The van der Waals surface area contributed by atoms with Gasteiger partial charge in [-0.3, -0.25) is 9.59 Å². The first-order chi connectivity index (χ1) is 10.7. The number of carbonyl (C=O) groups excluding carboxylic acids is 2.